The number of likely N-dealkylation sites (tertiary alicyclic amines) is 1. The molecule has 0 saturated carbocycles. The van der Waals surface area contributed by atoms with Crippen LogP contribution in [0.2, 0.25) is 0 Å². The molecule has 0 unspecified atom stereocenters. The summed E-state index contributed by atoms with van der Waals surface area (Å²) in [5.41, 5.74) is 1.85. The van der Waals surface area contributed by atoms with Gasteiger partial charge in [-0.25, -0.2) is 0 Å². The smallest absolute Gasteiger partial charge is 0.225 e. The maximum Gasteiger partial charge on any atom is 0.225 e. The largest absolute Gasteiger partial charge is 0.338 e. The standard InChI is InChI=1S/C21H24N2O2S/c24-20(12-14-26-19-9-2-1-3-10-19)22-18-8-6-7-17(15-18)16-23-13-5-4-11-21(23)25/h1-3,6-10,15H,4-5,11-14,16H2,(H,22,24). The van der Waals surface area contributed by atoms with Gasteiger partial charge in [-0.3, -0.25) is 9.59 Å². The zero-order chi connectivity index (χ0) is 18.2. The summed E-state index contributed by atoms with van der Waals surface area (Å²) in [4.78, 5) is 27.2. The molecule has 0 aliphatic carbocycles. The maximum absolute atomic E-state index is 12.2. The molecule has 3 rings (SSSR count). The minimum Gasteiger partial charge on any atom is -0.338 e. The number of rotatable bonds is 7. The van der Waals surface area contributed by atoms with Gasteiger partial charge < -0.3 is 10.2 Å². The minimum absolute atomic E-state index is 0.0135. The second kappa shape index (κ2) is 9.43. The van der Waals surface area contributed by atoms with Gasteiger partial charge in [0.25, 0.3) is 0 Å². The molecule has 1 N–H and O–H groups in total. The number of carbonyl (C=O) groups excluding carboxylic acids is 2. The predicted octanol–water partition coefficient (Wildman–Crippen LogP) is 4.32. The van der Waals surface area contributed by atoms with E-state index in [1.807, 2.05) is 59.5 Å². The molecular weight excluding hydrogens is 344 g/mol. The molecule has 0 spiro atoms. The monoisotopic (exact) mass is 368 g/mol. The van der Waals surface area contributed by atoms with E-state index < -0.39 is 0 Å². The summed E-state index contributed by atoms with van der Waals surface area (Å²) < 4.78 is 0. The van der Waals surface area contributed by atoms with E-state index >= 15 is 0 Å². The number of benzene rings is 2. The lowest BCUT2D eigenvalue weighted by atomic mass is 10.1. The molecule has 1 fully saturated rings. The number of carbonyl (C=O) groups is 2. The second-order valence-electron chi connectivity index (χ2n) is 6.43. The van der Waals surface area contributed by atoms with Gasteiger partial charge in [-0.1, -0.05) is 30.3 Å². The lowest BCUT2D eigenvalue weighted by Gasteiger charge is -2.26. The van der Waals surface area contributed by atoms with Crippen LogP contribution in [-0.4, -0.2) is 29.0 Å². The molecule has 0 aromatic heterocycles. The SMILES string of the molecule is O=C(CCSc1ccccc1)Nc1cccc(CN2CCCCC2=O)c1. The molecule has 2 amide bonds. The Balaban J connectivity index is 1.48. The summed E-state index contributed by atoms with van der Waals surface area (Å²) in [6, 6.07) is 17.9. The Morgan fingerprint density at radius 1 is 1.08 bits per heavy atom. The van der Waals surface area contributed by atoms with E-state index in [1.165, 1.54) is 4.90 Å². The third-order valence-corrected chi connectivity index (χ3v) is 5.36. The molecule has 1 heterocycles. The average Bonchev–Trinajstić information content (AvgIpc) is 2.65. The normalized spacial score (nSPS) is 14.3. The highest BCUT2D eigenvalue weighted by atomic mass is 32.2. The van der Waals surface area contributed by atoms with Crippen molar-refractivity contribution in [2.75, 3.05) is 17.6 Å². The summed E-state index contributed by atoms with van der Waals surface area (Å²) in [6.07, 6.45) is 3.18. The summed E-state index contributed by atoms with van der Waals surface area (Å²) in [5.74, 6) is 0.987. The fourth-order valence-electron chi connectivity index (χ4n) is 3.00. The van der Waals surface area contributed by atoms with E-state index in [-0.39, 0.29) is 11.8 Å². The number of hydrogen-bond donors (Lipinski definition) is 1. The van der Waals surface area contributed by atoms with E-state index in [4.69, 9.17) is 0 Å². The van der Waals surface area contributed by atoms with Crippen LogP contribution in [0.5, 0.6) is 0 Å². The van der Waals surface area contributed by atoms with E-state index in [0.717, 1.165) is 36.4 Å². The molecule has 0 radical (unpaired) electrons. The molecule has 26 heavy (non-hydrogen) atoms. The van der Waals surface area contributed by atoms with Gasteiger partial charge in [-0.2, -0.15) is 0 Å². The van der Waals surface area contributed by atoms with Gasteiger partial charge in [-0.05, 0) is 42.7 Å². The van der Waals surface area contributed by atoms with Crippen molar-refractivity contribution in [2.45, 2.75) is 37.1 Å². The van der Waals surface area contributed by atoms with Crippen LogP contribution in [0.4, 0.5) is 5.69 Å². The quantitative estimate of drug-likeness (QED) is 0.741. The number of amides is 2. The lowest BCUT2D eigenvalue weighted by Crippen LogP contribution is -2.34. The first-order valence-electron chi connectivity index (χ1n) is 9.05. The zero-order valence-corrected chi connectivity index (χ0v) is 15.6. The van der Waals surface area contributed by atoms with Crippen LogP contribution in [0, 0.1) is 0 Å². The molecule has 1 aliphatic rings. The molecule has 4 nitrogen and oxygen atoms in total. The van der Waals surface area contributed by atoms with Gasteiger partial charge in [-0.15, -0.1) is 11.8 Å². The number of nitrogens with one attached hydrogen (secondary N) is 1. The highest BCUT2D eigenvalue weighted by Gasteiger charge is 2.18. The van der Waals surface area contributed by atoms with Crippen molar-refractivity contribution in [3.63, 3.8) is 0 Å². The van der Waals surface area contributed by atoms with Crippen molar-refractivity contribution in [1.29, 1.82) is 0 Å². The Bertz CT molecular complexity index is 749. The molecule has 2 aromatic rings. The van der Waals surface area contributed by atoms with Crippen LogP contribution in [-0.2, 0) is 16.1 Å². The lowest BCUT2D eigenvalue weighted by molar-refractivity contribution is -0.133. The minimum atomic E-state index is 0.0135. The van der Waals surface area contributed by atoms with Crippen LogP contribution in [0.1, 0.15) is 31.2 Å². The van der Waals surface area contributed by atoms with Crippen LogP contribution in [0.15, 0.2) is 59.5 Å². The van der Waals surface area contributed by atoms with Crippen molar-refractivity contribution in [1.82, 2.24) is 4.90 Å². The van der Waals surface area contributed by atoms with Gasteiger partial charge in [0.05, 0.1) is 0 Å². The average molecular weight is 369 g/mol. The van der Waals surface area contributed by atoms with Crippen molar-refractivity contribution in [3.05, 3.63) is 60.2 Å². The van der Waals surface area contributed by atoms with Crippen molar-refractivity contribution < 1.29 is 9.59 Å². The maximum atomic E-state index is 12.2. The van der Waals surface area contributed by atoms with E-state index in [0.29, 0.717) is 19.4 Å². The third-order valence-electron chi connectivity index (χ3n) is 4.35. The molecular formula is C21H24N2O2S. The Labute approximate surface area is 159 Å². The summed E-state index contributed by atoms with van der Waals surface area (Å²) >= 11 is 1.68. The fraction of sp³-hybridized carbons (Fsp3) is 0.333. The number of anilines is 1. The highest BCUT2D eigenvalue weighted by molar-refractivity contribution is 7.99. The van der Waals surface area contributed by atoms with E-state index in [2.05, 4.69) is 5.32 Å². The van der Waals surface area contributed by atoms with Crippen LogP contribution < -0.4 is 5.32 Å². The fourth-order valence-corrected chi connectivity index (χ4v) is 3.87. The van der Waals surface area contributed by atoms with E-state index in [1.54, 1.807) is 11.8 Å². The zero-order valence-electron chi connectivity index (χ0n) is 14.8. The second-order valence-corrected chi connectivity index (χ2v) is 7.60. The van der Waals surface area contributed by atoms with Crippen LogP contribution >= 0.6 is 11.8 Å². The Morgan fingerprint density at radius 3 is 2.73 bits per heavy atom. The number of piperidine rings is 1. The topological polar surface area (TPSA) is 49.4 Å². The van der Waals surface area contributed by atoms with Gasteiger partial charge in [0.15, 0.2) is 0 Å². The number of thioether (sulfide) groups is 1. The number of hydrogen-bond acceptors (Lipinski definition) is 3. The first-order chi connectivity index (χ1) is 12.7. The molecule has 136 valence electrons. The predicted molar refractivity (Wildman–Crippen MR) is 106 cm³/mol. The Hall–Kier alpha value is -2.27. The molecule has 1 saturated heterocycles. The molecule has 5 heteroatoms. The summed E-state index contributed by atoms with van der Waals surface area (Å²) in [6.45, 7) is 1.44. The van der Waals surface area contributed by atoms with Crippen molar-refractivity contribution >= 4 is 29.3 Å². The first kappa shape index (κ1) is 18.5. The van der Waals surface area contributed by atoms with Gasteiger partial charge in [0, 0.05) is 42.3 Å². The van der Waals surface area contributed by atoms with Gasteiger partial charge in [0.1, 0.15) is 0 Å². The first-order valence-corrected chi connectivity index (χ1v) is 10.0. The van der Waals surface area contributed by atoms with Gasteiger partial charge >= 0.3 is 0 Å². The summed E-state index contributed by atoms with van der Waals surface area (Å²) in [5, 5.41) is 2.96. The molecule has 0 atom stereocenters. The molecule has 2 aromatic carbocycles. The summed E-state index contributed by atoms with van der Waals surface area (Å²) in [7, 11) is 0. The van der Waals surface area contributed by atoms with Crippen molar-refractivity contribution in [2.24, 2.45) is 0 Å². The van der Waals surface area contributed by atoms with Crippen molar-refractivity contribution in [3.8, 4) is 0 Å². The van der Waals surface area contributed by atoms with Gasteiger partial charge in [0.2, 0.25) is 11.8 Å². The Morgan fingerprint density at radius 2 is 1.92 bits per heavy atom. The van der Waals surface area contributed by atoms with Crippen LogP contribution in [0.3, 0.4) is 0 Å². The van der Waals surface area contributed by atoms with E-state index in [9.17, 15) is 9.59 Å². The highest BCUT2D eigenvalue weighted by Crippen LogP contribution is 2.19. The molecule has 1 aliphatic heterocycles. The Kier molecular flexibility index (Phi) is 6.72. The number of nitrogens with zero attached hydrogens (tertiary/aromatic N) is 1. The third kappa shape index (κ3) is 5.63. The van der Waals surface area contributed by atoms with Crippen LogP contribution in [0.25, 0.3) is 0 Å². The molecule has 0 bridgehead atoms.